The molecule has 0 saturated carbocycles. The third-order valence-electron chi connectivity index (χ3n) is 5.20. The van der Waals surface area contributed by atoms with Gasteiger partial charge in [0.15, 0.2) is 0 Å². The second-order valence-corrected chi connectivity index (χ2v) is 7.06. The zero-order valence-corrected chi connectivity index (χ0v) is 15.6. The third-order valence-corrected chi connectivity index (χ3v) is 5.20. The summed E-state index contributed by atoms with van der Waals surface area (Å²) in [5, 5.41) is 3.72. The SMILES string of the molecule is CCCn1c(CN[C@H]2CCO[C@H](c3cncn3C)C2)nc2ccccc21. The number of imidazole rings is 2. The van der Waals surface area contributed by atoms with Gasteiger partial charge in [-0.25, -0.2) is 9.97 Å². The molecule has 0 bridgehead atoms. The molecule has 0 radical (unpaired) electrons. The minimum atomic E-state index is 0.114. The van der Waals surface area contributed by atoms with Crippen molar-refractivity contribution in [2.24, 2.45) is 7.05 Å². The highest BCUT2D eigenvalue weighted by Crippen LogP contribution is 2.28. The maximum Gasteiger partial charge on any atom is 0.123 e. The Hall–Kier alpha value is -2.18. The van der Waals surface area contributed by atoms with Crippen LogP contribution in [0, 0.1) is 0 Å². The number of ether oxygens (including phenoxy) is 1. The van der Waals surface area contributed by atoms with Gasteiger partial charge in [0.2, 0.25) is 0 Å². The van der Waals surface area contributed by atoms with Crippen LogP contribution in [0.4, 0.5) is 0 Å². The number of fused-ring (bicyclic) bond motifs is 1. The zero-order chi connectivity index (χ0) is 17.9. The van der Waals surface area contributed by atoms with Gasteiger partial charge in [0.1, 0.15) is 11.9 Å². The summed E-state index contributed by atoms with van der Waals surface area (Å²) in [7, 11) is 2.02. The maximum atomic E-state index is 5.97. The zero-order valence-electron chi connectivity index (χ0n) is 15.6. The molecule has 1 aliphatic heterocycles. The molecule has 1 saturated heterocycles. The van der Waals surface area contributed by atoms with Gasteiger partial charge < -0.3 is 19.2 Å². The highest BCUT2D eigenvalue weighted by molar-refractivity contribution is 5.75. The van der Waals surface area contributed by atoms with E-state index >= 15 is 0 Å². The van der Waals surface area contributed by atoms with Gasteiger partial charge in [-0.05, 0) is 31.4 Å². The Balaban J connectivity index is 1.46. The Kier molecular flexibility index (Phi) is 5.04. The van der Waals surface area contributed by atoms with Gasteiger partial charge in [0.25, 0.3) is 0 Å². The quantitative estimate of drug-likeness (QED) is 0.739. The number of rotatable bonds is 6. The van der Waals surface area contributed by atoms with Crippen LogP contribution in [0.15, 0.2) is 36.8 Å². The van der Waals surface area contributed by atoms with E-state index in [0.717, 1.165) is 56.0 Å². The van der Waals surface area contributed by atoms with E-state index in [-0.39, 0.29) is 6.10 Å². The van der Waals surface area contributed by atoms with Crippen LogP contribution in [-0.2, 0) is 24.9 Å². The molecular formula is C20H27N5O. The van der Waals surface area contributed by atoms with Gasteiger partial charge in [-0.1, -0.05) is 19.1 Å². The molecule has 0 amide bonds. The number of nitrogens with zero attached hydrogens (tertiary/aromatic N) is 4. The van der Waals surface area contributed by atoms with Gasteiger partial charge >= 0.3 is 0 Å². The standard InChI is InChI=1S/C20H27N5O/c1-3-9-25-17-7-5-4-6-16(17)23-20(25)13-22-15-8-10-26-19(11-15)18-12-21-14-24(18)2/h4-7,12,14-15,19,22H,3,8-11,13H2,1-2H3/t15-,19-/m0/s1. The molecule has 1 aliphatic rings. The monoisotopic (exact) mass is 353 g/mol. The van der Waals surface area contributed by atoms with Crippen LogP contribution in [0.25, 0.3) is 11.0 Å². The van der Waals surface area contributed by atoms with Crippen LogP contribution in [0.5, 0.6) is 0 Å². The number of nitrogens with one attached hydrogen (secondary N) is 1. The number of aryl methyl sites for hydroxylation is 2. The average Bonchev–Trinajstić information content (AvgIpc) is 3.24. The first-order valence-corrected chi connectivity index (χ1v) is 9.51. The van der Waals surface area contributed by atoms with Gasteiger partial charge in [-0.2, -0.15) is 0 Å². The molecule has 26 heavy (non-hydrogen) atoms. The lowest BCUT2D eigenvalue weighted by Crippen LogP contribution is -2.36. The molecule has 138 valence electrons. The van der Waals surface area contributed by atoms with Crippen molar-refractivity contribution in [2.75, 3.05) is 6.61 Å². The maximum absolute atomic E-state index is 5.97. The molecule has 0 spiro atoms. The lowest BCUT2D eigenvalue weighted by Gasteiger charge is -2.30. The molecule has 3 aromatic rings. The third kappa shape index (κ3) is 3.39. The molecule has 1 fully saturated rings. The Morgan fingerprint density at radius 3 is 3.00 bits per heavy atom. The summed E-state index contributed by atoms with van der Waals surface area (Å²) in [6.07, 6.45) is 6.96. The van der Waals surface area contributed by atoms with Crippen molar-refractivity contribution in [3.8, 4) is 0 Å². The molecule has 3 heterocycles. The van der Waals surface area contributed by atoms with E-state index < -0.39 is 0 Å². The van der Waals surface area contributed by atoms with Crippen molar-refractivity contribution in [1.29, 1.82) is 0 Å². The summed E-state index contributed by atoms with van der Waals surface area (Å²) in [6, 6.07) is 8.83. The Labute approximate surface area is 154 Å². The van der Waals surface area contributed by atoms with Crippen molar-refractivity contribution < 1.29 is 4.74 Å². The number of hydrogen-bond acceptors (Lipinski definition) is 4. The molecule has 4 rings (SSSR count). The van der Waals surface area contributed by atoms with Crippen molar-refractivity contribution >= 4 is 11.0 Å². The molecule has 1 N–H and O–H groups in total. The largest absolute Gasteiger partial charge is 0.372 e. The average molecular weight is 353 g/mol. The van der Waals surface area contributed by atoms with Crippen molar-refractivity contribution in [3.63, 3.8) is 0 Å². The predicted molar refractivity (Wildman–Crippen MR) is 102 cm³/mol. The van der Waals surface area contributed by atoms with Gasteiger partial charge in [0.05, 0.1) is 35.8 Å². The van der Waals surface area contributed by atoms with E-state index in [1.54, 1.807) is 0 Å². The molecule has 6 nitrogen and oxygen atoms in total. The van der Waals surface area contributed by atoms with E-state index in [4.69, 9.17) is 9.72 Å². The topological polar surface area (TPSA) is 56.9 Å². The van der Waals surface area contributed by atoms with Crippen LogP contribution in [0.1, 0.15) is 43.8 Å². The summed E-state index contributed by atoms with van der Waals surface area (Å²) in [6.45, 7) is 4.78. The minimum absolute atomic E-state index is 0.114. The van der Waals surface area contributed by atoms with E-state index in [9.17, 15) is 0 Å². The molecule has 6 heteroatoms. The highest BCUT2D eigenvalue weighted by Gasteiger charge is 2.26. The second kappa shape index (κ2) is 7.60. The van der Waals surface area contributed by atoms with Crippen molar-refractivity contribution in [1.82, 2.24) is 24.4 Å². The Morgan fingerprint density at radius 2 is 2.19 bits per heavy atom. The first kappa shape index (κ1) is 17.2. The fraction of sp³-hybridized carbons (Fsp3) is 0.500. The van der Waals surface area contributed by atoms with Crippen LogP contribution >= 0.6 is 0 Å². The van der Waals surface area contributed by atoms with Gasteiger partial charge in [-0.15, -0.1) is 0 Å². The fourth-order valence-electron chi connectivity index (χ4n) is 3.84. The van der Waals surface area contributed by atoms with Gasteiger partial charge in [0, 0.05) is 26.2 Å². The molecule has 0 unspecified atom stereocenters. The van der Waals surface area contributed by atoms with Crippen LogP contribution in [0.2, 0.25) is 0 Å². The number of hydrogen-bond donors (Lipinski definition) is 1. The summed E-state index contributed by atoms with van der Waals surface area (Å²) in [4.78, 5) is 9.07. The smallest absolute Gasteiger partial charge is 0.123 e. The predicted octanol–water partition coefficient (Wildman–Crippen LogP) is 3.19. The minimum Gasteiger partial charge on any atom is -0.372 e. The first-order valence-electron chi connectivity index (χ1n) is 9.51. The summed E-state index contributed by atoms with van der Waals surface area (Å²) >= 11 is 0. The number of para-hydroxylation sites is 2. The van der Waals surface area contributed by atoms with Crippen molar-refractivity contribution in [2.45, 2.75) is 51.4 Å². The van der Waals surface area contributed by atoms with Crippen LogP contribution < -0.4 is 5.32 Å². The van der Waals surface area contributed by atoms with Gasteiger partial charge in [-0.3, -0.25) is 0 Å². The van der Waals surface area contributed by atoms with E-state index in [1.807, 2.05) is 24.1 Å². The van der Waals surface area contributed by atoms with Crippen LogP contribution in [0.3, 0.4) is 0 Å². The van der Waals surface area contributed by atoms with Crippen molar-refractivity contribution in [3.05, 3.63) is 48.3 Å². The Morgan fingerprint density at radius 1 is 1.31 bits per heavy atom. The second-order valence-electron chi connectivity index (χ2n) is 7.06. The van der Waals surface area contributed by atoms with E-state index in [0.29, 0.717) is 6.04 Å². The number of aromatic nitrogens is 4. The summed E-state index contributed by atoms with van der Waals surface area (Å²) in [5.41, 5.74) is 3.46. The summed E-state index contributed by atoms with van der Waals surface area (Å²) < 4.78 is 10.4. The molecule has 0 aliphatic carbocycles. The lowest BCUT2D eigenvalue weighted by atomic mass is 10.0. The first-order chi connectivity index (χ1) is 12.8. The highest BCUT2D eigenvalue weighted by atomic mass is 16.5. The lowest BCUT2D eigenvalue weighted by molar-refractivity contribution is -0.00418. The van der Waals surface area contributed by atoms with Crippen LogP contribution in [-0.4, -0.2) is 31.8 Å². The van der Waals surface area contributed by atoms with E-state index in [2.05, 4.69) is 46.1 Å². The number of benzene rings is 1. The molecule has 2 aromatic heterocycles. The molecular weight excluding hydrogens is 326 g/mol. The molecule has 1 aromatic carbocycles. The summed E-state index contributed by atoms with van der Waals surface area (Å²) in [5.74, 6) is 1.12. The normalized spacial score (nSPS) is 20.7. The fourth-order valence-corrected chi connectivity index (χ4v) is 3.84. The Bertz CT molecular complexity index is 868. The van der Waals surface area contributed by atoms with E-state index in [1.165, 1.54) is 5.52 Å². The molecule has 2 atom stereocenters.